The van der Waals surface area contributed by atoms with Gasteiger partial charge in [-0.2, -0.15) is 10.1 Å². The molecule has 0 fully saturated rings. The van der Waals surface area contributed by atoms with E-state index in [2.05, 4.69) is 29.1 Å². The summed E-state index contributed by atoms with van der Waals surface area (Å²) in [6, 6.07) is 0. The van der Waals surface area contributed by atoms with Crippen LogP contribution in [-0.4, -0.2) is 19.9 Å². The van der Waals surface area contributed by atoms with Crippen molar-refractivity contribution < 1.29 is 9.26 Å². The van der Waals surface area contributed by atoms with E-state index in [0.717, 1.165) is 12.2 Å². The highest BCUT2D eigenvalue weighted by Gasteiger charge is 2.08. The van der Waals surface area contributed by atoms with Gasteiger partial charge in [0.25, 0.3) is 5.89 Å². The summed E-state index contributed by atoms with van der Waals surface area (Å²) in [4.78, 5) is 4.24. The third kappa shape index (κ3) is 3.30. The number of aryl methyl sites for hydroxylation is 1. The maximum absolute atomic E-state index is 5.45. The van der Waals surface area contributed by atoms with Crippen LogP contribution in [0.15, 0.2) is 16.9 Å². The summed E-state index contributed by atoms with van der Waals surface area (Å²) in [5, 5.41) is 7.89. The Labute approximate surface area is 99.6 Å². The van der Waals surface area contributed by atoms with Crippen molar-refractivity contribution in [2.75, 3.05) is 0 Å². The molecule has 0 aromatic carbocycles. The van der Waals surface area contributed by atoms with E-state index in [9.17, 15) is 0 Å². The molecule has 0 saturated carbocycles. The molecule has 0 unspecified atom stereocenters. The molecule has 6 nitrogen and oxygen atoms in total. The van der Waals surface area contributed by atoms with Gasteiger partial charge in [0.2, 0.25) is 0 Å². The van der Waals surface area contributed by atoms with Crippen LogP contribution in [0.2, 0.25) is 0 Å². The first-order valence-corrected chi connectivity index (χ1v) is 5.56. The molecule has 0 bridgehead atoms. The summed E-state index contributed by atoms with van der Waals surface area (Å²) < 4.78 is 12.2. The SMILES string of the molecule is CC(C)Cc1noc(COc2cnn(C)c2)n1. The van der Waals surface area contributed by atoms with Crippen LogP contribution in [0.5, 0.6) is 5.75 Å². The summed E-state index contributed by atoms with van der Waals surface area (Å²) in [5.41, 5.74) is 0. The smallest absolute Gasteiger partial charge is 0.264 e. The summed E-state index contributed by atoms with van der Waals surface area (Å²) in [6.45, 7) is 4.50. The molecule has 0 saturated heterocycles. The topological polar surface area (TPSA) is 66.0 Å². The van der Waals surface area contributed by atoms with Gasteiger partial charge < -0.3 is 9.26 Å². The summed E-state index contributed by atoms with van der Waals surface area (Å²) in [5.74, 6) is 2.42. The Morgan fingerprint density at radius 3 is 2.94 bits per heavy atom. The molecule has 0 aliphatic rings. The fourth-order valence-corrected chi connectivity index (χ4v) is 1.42. The molecule has 0 N–H and O–H groups in total. The van der Waals surface area contributed by atoms with Gasteiger partial charge in [-0.1, -0.05) is 19.0 Å². The molecule has 0 radical (unpaired) electrons. The van der Waals surface area contributed by atoms with Gasteiger partial charge in [0.1, 0.15) is 0 Å². The Hall–Kier alpha value is -1.85. The van der Waals surface area contributed by atoms with Crippen LogP contribution in [0.3, 0.4) is 0 Å². The molecule has 2 aromatic heterocycles. The largest absolute Gasteiger partial charge is 0.480 e. The van der Waals surface area contributed by atoms with Gasteiger partial charge in [-0.3, -0.25) is 4.68 Å². The van der Waals surface area contributed by atoms with Gasteiger partial charge >= 0.3 is 0 Å². The number of aromatic nitrogens is 4. The number of nitrogens with zero attached hydrogens (tertiary/aromatic N) is 4. The van der Waals surface area contributed by atoms with Crippen LogP contribution in [0.4, 0.5) is 0 Å². The van der Waals surface area contributed by atoms with Crippen LogP contribution < -0.4 is 4.74 Å². The lowest BCUT2D eigenvalue weighted by molar-refractivity contribution is 0.242. The Morgan fingerprint density at radius 1 is 1.47 bits per heavy atom. The van der Waals surface area contributed by atoms with E-state index in [1.807, 2.05) is 7.05 Å². The first-order valence-electron chi connectivity index (χ1n) is 5.56. The molecular weight excluding hydrogens is 220 g/mol. The van der Waals surface area contributed by atoms with Gasteiger partial charge in [0.15, 0.2) is 18.2 Å². The minimum Gasteiger partial charge on any atom is -0.480 e. The molecule has 92 valence electrons. The van der Waals surface area contributed by atoms with Crippen molar-refractivity contribution >= 4 is 0 Å². The zero-order chi connectivity index (χ0) is 12.3. The van der Waals surface area contributed by atoms with Crippen molar-refractivity contribution in [3.8, 4) is 5.75 Å². The molecule has 0 aliphatic heterocycles. The number of hydrogen-bond donors (Lipinski definition) is 0. The minimum atomic E-state index is 0.275. The van der Waals surface area contributed by atoms with Gasteiger partial charge in [-0.15, -0.1) is 0 Å². The Morgan fingerprint density at radius 2 is 2.29 bits per heavy atom. The van der Waals surface area contributed by atoms with Gasteiger partial charge in [0.05, 0.1) is 12.4 Å². The van der Waals surface area contributed by atoms with E-state index >= 15 is 0 Å². The lowest BCUT2D eigenvalue weighted by atomic mass is 10.1. The molecule has 0 aliphatic carbocycles. The zero-order valence-electron chi connectivity index (χ0n) is 10.3. The maximum Gasteiger partial charge on any atom is 0.264 e. The van der Waals surface area contributed by atoms with Gasteiger partial charge in [-0.05, 0) is 5.92 Å². The van der Waals surface area contributed by atoms with Crippen LogP contribution in [0, 0.1) is 5.92 Å². The lowest BCUT2D eigenvalue weighted by Crippen LogP contribution is -1.98. The Kier molecular flexibility index (Phi) is 3.41. The normalized spacial score (nSPS) is 11.1. The maximum atomic E-state index is 5.45. The van der Waals surface area contributed by atoms with E-state index < -0.39 is 0 Å². The van der Waals surface area contributed by atoms with Gasteiger partial charge in [0, 0.05) is 13.5 Å². The summed E-state index contributed by atoms with van der Waals surface area (Å²) >= 11 is 0. The summed E-state index contributed by atoms with van der Waals surface area (Å²) in [6.07, 6.45) is 4.24. The van der Waals surface area contributed by atoms with Crippen molar-refractivity contribution in [1.29, 1.82) is 0 Å². The Bertz CT molecular complexity index is 475. The average Bonchev–Trinajstić information content (AvgIpc) is 2.84. The van der Waals surface area contributed by atoms with Crippen molar-refractivity contribution in [3.05, 3.63) is 24.1 Å². The molecule has 0 spiro atoms. The lowest BCUT2D eigenvalue weighted by Gasteiger charge is -1.97. The van der Waals surface area contributed by atoms with Crippen LogP contribution in [0.1, 0.15) is 25.6 Å². The second kappa shape index (κ2) is 4.99. The third-order valence-electron chi connectivity index (χ3n) is 2.14. The molecule has 0 atom stereocenters. The molecule has 2 aromatic rings. The average molecular weight is 236 g/mol. The molecule has 0 amide bonds. The van der Waals surface area contributed by atoms with E-state index in [-0.39, 0.29) is 6.61 Å². The van der Waals surface area contributed by atoms with Crippen LogP contribution in [0.25, 0.3) is 0 Å². The second-order valence-electron chi connectivity index (χ2n) is 4.34. The quantitative estimate of drug-likeness (QED) is 0.788. The van der Waals surface area contributed by atoms with Crippen molar-refractivity contribution in [1.82, 2.24) is 19.9 Å². The van der Waals surface area contributed by atoms with Crippen LogP contribution in [-0.2, 0) is 20.1 Å². The zero-order valence-corrected chi connectivity index (χ0v) is 10.3. The highest BCUT2D eigenvalue weighted by molar-refractivity contribution is 5.11. The summed E-state index contributed by atoms with van der Waals surface area (Å²) in [7, 11) is 1.83. The number of ether oxygens (including phenoxy) is 1. The Balaban J connectivity index is 1.89. The number of hydrogen-bond acceptors (Lipinski definition) is 5. The second-order valence-corrected chi connectivity index (χ2v) is 4.34. The molecular formula is C11H16N4O2. The fourth-order valence-electron chi connectivity index (χ4n) is 1.42. The first kappa shape index (κ1) is 11.6. The predicted molar refractivity (Wildman–Crippen MR) is 60.4 cm³/mol. The molecule has 17 heavy (non-hydrogen) atoms. The minimum absolute atomic E-state index is 0.275. The van der Waals surface area contributed by atoms with Crippen LogP contribution >= 0.6 is 0 Å². The fraction of sp³-hybridized carbons (Fsp3) is 0.545. The van der Waals surface area contributed by atoms with Crippen molar-refractivity contribution in [2.45, 2.75) is 26.9 Å². The number of rotatable bonds is 5. The molecule has 6 heteroatoms. The molecule has 2 rings (SSSR count). The standard InChI is InChI=1S/C11H16N4O2/c1-8(2)4-10-13-11(17-14-10)7-16-9-5-12-15(3)6-9/h5-6,8H,4,7H2,1-3H3. The monoisotopic (exact) mass is 236 g/mol. The highest BCUT2D eigenvalue weighted by Crippen LogP contribution is 2.10. The van der Waals surface area contributed by atoms with Crippen molar-refractivity contribution in [3.63, 3.8) is 0 Å². The van der Waals surface area contributed by atoms with Crippen molar-refractivity contribution in [2.24, 2.45) is 13.0 Å². The highest BCUT2D eigenvalue weighted by atomic mass is 16.5. The first-order chi connectivity index (χ1) is 8.13. The van der Waals surface area contributed by atoms with E-state index in [0.29, 0.717) is 17.6 Å². The molecule has 2 heterocycles. The van der Waals surface area contributed by atoms with Gasteiger partial charge in [-0.25, -0.2) is 0 Å². The van der Waals surface area contributed by atoms with E-state index in [4.69, 9.17) is 9.26 Å². The van der Waals surface area contributed by atoms with E-state index in [1.165, 1.54) is 0 Å². The predicted octanol–water partition coefficient (Wildman–Crippen LogP) is 1.58. The third-order valence-corrected chi connectivity index (χ3v) is 2.14. The van der Waals surface area contributed by atoms with E-state index in [1.54, 1.807) is 17.1 Å².